The highest BCUT2D eigenvalue weighted by Crippen LogP contribution is 2.10. The number of morpholine rings is 1. The fourth-order valence-electron chi connectivity index (χ4n) is 2.61. The third kappa shape index (κ3) is 3.16. The van der Waals surface area contributed by atoms with Crippen LogP contribution in [0.25, 0.3) is 10.9 Å². The van der Waals surface area contributed by atoms with Crippen molar-refractivity contribution in [2.24, 2.45) is 5.73 Å². The maximum absolute atomic E-state index is 12.7. The molecule has 0 spiro atoms. The maximum Gasteiger partial charge on any atom is 0.261 e. The lowest BCUT2D eigenvalue weighted by molar-refractivity contribution is 0.0325. The molecule has 0 bridgehead atoms. The highest BCUT2D eigenvalue weighted by Gasteiger charge is 2.16. The monoisotopic (exact) mass is 318 g/mol. The molecule has 0 aliphatic carbocycles. The summed E-state index contributed by atoms with van der Waals surface area (Å²) in [7, 11) is 0. The Morgan fingerprint density at radius 2 is 2.05 bits per heavy atom. The van der Waals surface area contributed by atoms with Crippen molar-refractivity contribution in [3.05, 3.63) is 40.4 Å². The van der Waals surface area contributed by atoms with Gasteiger partial charge >= 0.3 is 0 Å². The summed E-state index contributed by atoms with van der Waals surface area (Å²) >= 11 is 4.98. The van der Waals surface area contributed by atoms with Gasteiger partial charge in [-0.2, -0.15) is 0 Å². The highest BCUT2D eigenvalue weighted by molar-refractivity contribution is 7.80. The molecule has 1 aliphatic heterocycles. The summed E-state index contributed by atoms with van der Waals surface area (Å²) in [4.78, 5) is 19.8. The lowest BCUT2D eigenvalue weighted by Gasteiger charge is -2.27. The molecule has 1 fully saturated rings. The summed E-state index contributed by atoms with van der Waals surface area (Å²) in [5, 5.41) is 0.587. The minimum Gasteiger partial charge on any atom is -0.392 e. The van der Waals surface area contributed by atoms with Crippen LogP contribution in [0.15, 0.2) is 29.1 Å². The van der Waals surface area contributed by atoms with Gasteiger partial charge in [-0.15, -0.1) is 0 Å². The number of rotatable bonds is 4. The van der Waals surface area contributed by atoms with Gasteiger partial charge in [0.1, 0.15) is 5.82 Å². The number of nitrogens with two attached hydrogens (primary N) is 1. The molecule has 1 saturated heterocycles. The van der Waals surface area contributed by atoms with Gasteiger partial charge in [0.15, 0.2) is 0 Å². The standard InChI is InChI=1S/C15H18N4O2S/c16-13(22)9-19-14(10-18-5-7-21-8-6-18)17-12-4-2-1-3-11(12)15(19)20/h1-4H,5-10H2,(H2,16,22). The Hall–Kier alpha value is -1.83. The van der Waals surface area contributed by atoms with Crippen LogP contribution < -0.4 is 11.3 Å². The molecule has 2 N–H and O–H groups in total. The van der Waals surface area contributed by atoms with Crippen molar-refractivity contribution in [2.75, 3.05) is 26.3 Å². The third-order valence-corrected chi connectivity index (χ3v) is 3.85. The number of ether oxygens (including phenoxy) is 1. The first-order chi connectivity index (χ1) is 10.6. The molecule has 22 heavy (non-hydrogen) atoms. The molecular formula is C15H18N4O2S. The summed E-state index contributed by atoms with van der Waals surface area (Å²) in [5.41, 5.74) is 6.26. The van der Waals surface area contributed by atoms with Crippen LogP contribution in [0.2, 0.25) is 0 Å². The summed E-state index contributed by atoms with van der Waals surface area (Å²) < 4.78 is 6.94. The lowest BCUT2D eigenvalue weighted by atomic mass is 10.2. The number of aromatic nitrogens is 2. The molecule has 1 aliphatic rings. The Morgan fingerprint density at radius 3 is 2.77 bits per heavy atom. The minimum atomic E-state index is -0.0957. The van der Waals surface area contributed by atoms with E-state index in [4.69, 9.17) is 22.7 Å². The zero-order valence-corrected chi connectivity index (χ0v) is 13.0. The minimum absolute atomic E-state index is 0.0957. The SMILES string of the molecule is NC(=S)Cn1c(CN2CCOCC2)nc2ccccc2c1=O. The van der Waals surface area contributed by atoms with E-state index in [1.807, 2.05) is 18.2 Å². The van der Waals surface area contributed by atoms with Crippen LogP contribution in [0.1, 0.15) is 5.82 Å². The predicted molar refractivity (Wildman–Crippen MR) is 88.9 cm³/mol. The van der Waals surface area contributed by atoms with E-state index in [2.05, 4.69) is 9.88 Å². The molecule has 0 radical (unpaired) electrons. The second-order valence-corrected chi connectivity index (χ2v) is 5.82. The molecule has 116 valence electrons. The van der Waals surface area contributed by atoms with Crippen molar-refractivity contribution >= 4 is 28.1 Å². The van der Waals surface area contributed by atoms with Crippen molar-refractivity contribution in [1.29, 1.82) is 0 Å². The molecular weight excluding hydrogens is 300 g/mol. The van der Waals surface area contributed by atoms with Gasteiger partial charge < -0.3 is 10.5 Å². The van der Waals surface area contributed by atoms with E-state index in [0.717, 1.165) is 13.1 Å². The largest absolute Gasteiger partial charge is 0.392 e. The Bertz CT molecular complexity index is 753. The zero-order chi connectivity index (χ0) is 15.5. The molecule has 2 aromatic rings. The Kier molecular flexibility index (Phi) is 4.47. The van der Waals surface area contributed by atoms with Gasteiger partial charge in [0.2, 0.25) is 0 Å². The van der Waals surface area contributed by atoms with Crippen LogP contribution in [0.5, 0.6) is 0 Å². The van der Waals surface area contributed by atoms with Crippen molar-refractivity contribution in [1.82, 2.24) is 14.5 Å². The zero-order valence-electron chi connectivity index (χ0n) is 12.2. The van der Waals surface area contributed by atoms with Crippen LogP contribution in [0.3, 0.4) is 0 Å². The number of benzene rings is 1. The third-order valence-electron chi connectivity index (χ3n) is 3.72. The van der Waals surface area contributed by atoms with Gasteiger partial charge in [-0.1, -0.05) is 24.4 Å². The van der Waals surface area contributed by atoms with Gasteiger partial charge in [0, 0.05) is 13.1 Å². The van der Waals surface area contributed by atoms with E-state index < -0.39 is 0 Å². The van der Waals surface area contributed by atoms with Crippen molar-refractivity contribution in [2.45, 2.75) is 13.1 Å². The van der Waals surface area contributed by atoms with Gasteiger partial charge in [0.25, 0.3) is 5.56 Å². The Balaban J connectivity index is 2.05. The average molecular weight is 318 g/mol. The van der Waals surface area contributed by atoms with E-state index in [-0.39, 0.29) is 17.1 Å². The predicted octanol–water partition coefficient (Wildman–Crippen LogP) is 0.515. The molecule has 7 heteroatoms. The van der Waals surface area contributed by atoms with Crippen molar-refractivity contribution in [3.63, 3.8) is 0 Å². The molecule has 0 saturated carbocycles. The smallest absolute Gasteiger partial charge is 0.261 e. The van der Waals surface area contributed by atoms with Gasteiger partial charge in [0.05, 0.1) is 42.2 Å². The summed E-state index contributed by atoms with van der Waals surface area (Å²) in [5.74, 6) is 0.693. The van der Waals surface area contributed by atoms with Crippen LogP contribution in [0, 0.1) is 0 Å². The summed E-state index contributed by atoms with van der Waals surface area (Å²) in [6.07, 6.45) is 0. The van der Waals surface area contributed by atoms with Crippen LogP contribution in [0.4, 0.5) is 0 Å². The lowest BCUT2D eigenvalue weighted by Crippen LogP contribution is -2.39. The summed E-state index contributed by atoms with van der Waals surface area (Å²) in [6, 6.07) is 7.34. The molecule has 0 unspecified atom stereocenters. The molecule has 0 atom stereocenters. The van der Waals surface area contributed by atoms with Crippen LogP contribution in [-0.2, 0) is 17.8 Å². The van der Waals surface area contributed by atoms with Crippen molar-refractivity contribution in [3.8, 4) is 0 Å². The van der Waals surface area contributed by atoms with Gasteiger partial charge in [-0.3, -0.25) is 14.3 Å². The number of thiocarbonyl (C=S) groups is 1. The molecule has 3 rings (SSSR count). The Morgan fingerprint density at radius 1 is 1.32 bits per heavy atom. The normalized spacial score (nSPS) is 16.0. The first-order valence-electron chi connectivity index (χ1n) is 7.22. The van der Waals surface area contributed by atoms with Gasteiger partial charge in [-0.25, -0.2) is 4.98 Å². The first kappa shape index (κ1) is 15.1. The van der Waals surface area contributed by atoms with Crippen molar-refractivity contribution < 1.29 is 4.74 Å². The van der Waals surface area contributed by atoms with E-state index >= 15 is 0 Å². The highest BCUT2D eigenvalue weighted by atomic mass is 32.1. The number of nitrogens with zero attached hydrogens (tertiary/aromatic N) is 3. The van der Waals surface area contributed by atoms with E-state index in [1.54, 1.807) is 10.6 Å². The van der Waals surface area contributed by atoms with Gasteiger partial charge in [-0.05, 0) is 12.1 Å². The fourth-order valence-corrected chi connectivity index (χ4v) is 2.74. The topological polar surface area (TPSA) is 73.4 Å². The maximum atomic E-state index is 12.7. The first-order valence-corrected chi connectivity index (χ1v) is 7.63. The summed E-state index contributed by atoms with van der Waals surface area (Å²) in [6.45, 7) is 3.86. The Labute approximate surface area is 133 Å². The number of hydrogen-bond acceptors (Lipinski definition) is 5. The quantitative estimate of drug-likeness (QED) is 0.828. The number of fused-ring (bicyclic) bond motifs is 1. The molecule has 0 amide bonds. The van der Waals surface area contributed by atoms with Crippen LogP contribution >= 0.6 is 12.2 Å². The average Bonchev–Trinajstić information content (AvgIpc) is 2.52. The van der Waals surface area contributed by atoms with E-state index in [0.29, 0.717) is 36.5 Å². The molecule has 2 heterocycles. The van der Waals surface area contributed by atoms with E-state index in [9.17, 15) is 4.79 Å². The van der Waals surface area contributed by atoms with Crippen LogP contribution in [-0.4, -0.2) is 45.7 Å². The second-order valence-electron chi connectivity index (χ2n) is 5.29. The number of para-hydroxylation sites is 1. The fraction of sp³-hybridized carbons (Fsp3) is 0.400. The molecule has 1 aromatic heterocycles. The van der Waals surface area contributed by atoms with E-state index in [1.165, 1.54) is 0 Å². The molecule has 6 nitrogen and oxygen atoms in total. The second kappa shape index (κ2) is 6.51. The molecule has 1 aromatic carbocycles. The number of hydrogen-bond donors (Lipinski definition) is 1.